The first-order valence-corrected chi connectivity index (χ1v) is 10.2. The monoisotopic (exact) mass is 346 g/mol. The highest BCUT2D eigenvalue weighted by Crippen LogP contribution is 2.55. The lowest BCUT2D eigenvalue weighted by molar-refractivity contribution is -0.944. The van der Waals surface area contributed by atoms with Crippen LogP contribution in [0.1, 0.15) is 55.1 Å². The molecule has 1 heterocycles. The zero-order chi connectivity index (χ0) is 17.6. The summed E-state index contributed by atoms with van der Waals surface area (Å²) in [6, 6.07) is 21.7. The number of rotatable bonds is 3. The van der Waals surface area contributed by atoms with E-state index in [1.54, 1.807) is 4.90 Å². The number of fused-ring (bicyclic) bond motifs is 3. The molecule has 1 N–H and O–H groups in total. The van der Waals surface area contributed by atoms with Crippen LogP contribution < -0.4 is 4.90 Å². The normalized spacial score (nSPS) is 34.3. The zero-order valence-corrected chi connectivity index (χ0v) is 15.4. The number of likely N-dealkylation sites (tertiary alicyclic amines) is 1. The Morgan fingerprint density at radius 3 is 1.77 bits per heavy atom. The highest BCUT2D eigenvalue weighted by molar-refractivity contribution is 5.86. The van der Waals surface area contributed by atoms with Crippen LogP contribution in [0.3, 0.4) is 0 Å². The van der Waals surface area contributed by atoms with Crippen molar-refractivity contribution in [2.24, 2.45) is 5.92 Å². The fourth-order valence-corrected chi connectivity index (χ4v) is 6.30. The number of carbonyl (C=O) groups excluding carboxylic acids is 1. The van der Waals surface area contributed by atoms with Crippen LogP contribution >= 0.6 is 0 Å². The van der Waals surface area contributed by atoms with E-state index < -0.39 is 0 Å². The SMILES string of the molecule is O=C1CC2([NH+]3CCCC3)C[C@@H](c3ccccc3)C1[C@H](c1ccccc1)C2. The average molecular weight is 346 g/mol. The lowest BCUT2D eigenvalue weighted by Crippen LogP contribution is -3.19. The van der Waals surface area contributed by atoms with Crippen molar-refractivity contribution in [3.63, 3.8) is 0 Å². The second-order valence-corrected chi connectivity index (χ2v) is 8.70. The minimum absolute atomic E-state index is 0.156. The van der Waals surface area contributed by atoms with Gasteiger partial charge < -0.3 is 4.90 Å². The Morgan fingerprint density at radius 1 is 0.769 bits per heavy atom. The lowest BCUT2D eigenvalue weighted by Gasteiger charge is -2.55. The van der Waals surface area contributed by atoms with Crippen molar-refractivity contribution < 1.29 is 9.69 Å². The number of carbonyl (C=O) groups is 1. The van der Waals surface area contributed by atoms with Crippen molar-refractivity contribution in [1.29, 1.82) is 0 Å². The van der Waals surface area contributed by atoms with Gasteiger partial charge in [-0.1, -0.05) is 60.7 Å². The lowest BCUT2D eigenvalue weighted by atomic mass is 9.52. The maximum absolute atomic E-state index is 13.4. The summed E-state index contributed by atoms with van der Waals surface area (Å²) in [5.74, 6) is 1.43. The highest BCUT2D eigenvalue weighted by atomic mass is 16.1. The Bertz CT molecular complexity index is 729. The molecule has 2 aromatic rings. The summed E-state index contributed by atoms with van der Waals surface area (Å²) >= 11 is 0. The van der Waals surface area contributed by atoms with Crippen molar-refractivity contribution >= 4 is 5.78 Å². The molecule has 1 aliphatic heterocycles. The molecule has 2 atom stereocenters. The zero-order valence-electron chi connectivity index (χ0n) is 15.4. The molecule has 0 unspecified atom stereocenters. The molecular formula is C24H28NO+. The van der Waals surface area contributed by atoms with Crippen LogP contribution in [0, 0.1) is 5.92 Å². The Labute approximate surface area is 156 Å². The number of quaternary nitrogens is 1. The molecule has 2 aromatic carbocycles. The molecule has 3 aliphatic carbocycles. The Kier molecular flexibility index (Phi) is 3.97. The number of hydrogen-bond donors (Lipinski definition) is 1. The van der Waals surface area contributed by atoms with Crippen LogP contribution in [0.15, 0.2) is 60.7 Å². The van der Waals surface area contributed by atoms with Gasteiger partial charge in [0, 0.05) is 43.4 Å². The summed E-state index contributed by atoms with van der Waals surface area (Å²) in [5, 5.41) is 0. The van der Waals surface area contributed by atoms with E-state index in [1.807, 2.05) is 0 Å². The van der Waals surface area contributed by atoms with Gasteiger partial charge in [0.15, 0.2) is 0 Å². The summed E-state index contributed by atoms with van der Waals surface area (Å²) in [6.45, 7) is 2.50. The number of nitrogens with one attached hydrogen (secondary N) is 1. The van der Waals surface area contributed by atoms with Crippen LogP contribution in [-0.4, -0.2) is 24.4 Å². The largest absolute Gasteiger partial charge is 0.330 e. The van der Waals surface area contributed by atoms with E-state index in [0.717, 1.165) is 6.42 Å². The van der Waals surface area contributed by atoms with Gasteiger partial charge in [-0.15, -0.1) is 0 Å². The van der Waals surface area contributed by atoms with Gasteiger partial charge in [0.05, 0.1) is 19.5 Å². The van der Waals surface area contributed by atoms with Gasteiger partial charge >= 0.3 is 0 Å². The van der Waals surface area contributed by atoms with Crippen molar-refractivity contribution in [3.05, 3.63) is 71.8 Å². The minimum atomic E-state index is 0.156. The molecule has 0 radical (unpaired) electrons. The third-order valence-electron chi connectivity index (χ3n) is 7.39. The Balaban J connectivity index is 1.60. The molecule has 2 bridgehead atoms. The molecule has 2 heteroatoms. The van der Waals surface area contributed by atoms with E-state index in [1.165, 1.54) is 49.9 Å². The third-order valence-corrected chi connectivity index (χ3v) is 7.39. The molecule has 26 heavy (non-hydrogen) atoms. The summed E-state index contributed by atoms with van der Waals surface area (Å²) < 4.78 is 0. The van der Waals surface area contributed by atoms with E-state index >= 15 is 0 Å². The second-order valence-electron chi connectivity index (χ2n) is 8.70. The molecule has 134 valence electrons. The van der Waals surface area contributed by atoms with Crippen molar-refractivity contribution in [2.75, 3.05) is 13.1 Å². The van der Waals surface area contributed by atoms with Crippen molar-refractivity contribution in [3.8, 4) is 0 Å². The van der Waals surface area contributed by atoms with Gasteiger partial charge in [0.25, 0.3) is 0 Å². The predicted molar refractivity (Wildman–Crippen MR) is 103 cm³/mol. The van der Waals surface area contributed by atoms with Gasteiger partial charge in [0.2, 0.25) is 0 Å². The minimum Gasteiger partial charge on any atom is -0.330 e. The van der Waals surface area contributed by atoms with E-state index in [0.29, 0.717) is 17.6 Å². The smallest absolute Gasteiger partial charge is 0.143 e. The summed E-state index contributed by atoms with van der Waals surface area (Å²) in [6.07, 6.45) is 5.82. The first-order chi connectivity index (χ1) is 12.8. The van der Waals surface area contributed by atoms with Gasteiger partial charge in [-0.2, -0.15) is 0 Å². The molecule has 0 aromatic heterocycles. The summed E-state index contributed by atoms with van der Waals surface area (Å²) in [5.41, 5.74) is 2.90. The first kappa shape index (κ1) is 16.3. The highest BCUT2D eigenvalue weighted by Gasteiger charge is 2.60. The molecule has 0 spiro atoms. The van der Waals surface area contributed by atoms with Crippen LogP contribution in [0.2, 0.25) is 0 Å². The molecule has 4 aliphatic rings. The van der Waals surface area contributed by atoms with E-state index in [9.17, 15) is 4.79 Å². The Hall–Kier alpha value is -1.93. The van der Waals surface area contributed by atoms with Gasteiger partial charge in [-0.05, 0) is 11.1 Å². The van der Waals surface area contributed by atoms with Crippen molar-refractivity contribution in [2.45, 2.75) is 49.5 Å². The average Bonchev–Trinajstić information content (AvgIpc) is 3.25. The van der Waals surface area contributed by atoms with E-state index in [-0.39, 0.29) is 11.5 Å². The maximum Gasteiger partial charge on any atom is 0.143 e. The summed E-state index contributed by atoms with van der Waals surface area (Å²) in [4.78, 5) is 15.1. The molecule has 2 nitrogen and oxygen atoms in total. The summed E-state index contributed by atoms with van der Waals surface area (Å²) in [7, 11) is 0. The topological polar surface area (TPSA) is 21.5 Å². The molecular weight excluding hydrogens is 318 g/mol. The number of benzene rings is 2. The van der Waals surface area contributed by atoms with E-state index in [2.05, 4.69) is 60.7 Å². The molecule has 4 fully saturated rings. The van der Waals surface area contributed by atoms with Crippen LogP contribution in [-0.2, 0) is 4.79 Å². The maximum atomic E-state index is 13.4. The van der Waals surface area contributed by atoms with Gasteiger partial charge in [-0.3, -0.25) is 4.79 Å². The molecule has 6 rings (SSSR count). The fourth-order valence-electron chi connectivity index (χ4n) is 6.30. The standard InChI is InChI=1S/C24H27NO/c26-22-17-24(25-13-7-8-14-25)15-20(18-9-3-1-4-10-18)23(22)21(16-24)19-11-5-2-6-12-19/h1-6,9-12,20-21,23H,7-8,13-17H2/p+1/t20-,21-,23?,24?/m0/s1. The van der Waals surface area contributed by atoms with Gasteiger partial charge in [0.1, 0.15) is 11.3 Å². The second kappa shape index (κ2) is 6.35. The van der Waals surface area contributed by atoms with E-state index in [4.69, 9.17) is 0 Å². The molecule has 3 saturated carbocycles. The van der Waals surface area contributed by atoms with Crippen LogP contribution in [0.25, 0.3) is 0 Å². The van der Waals surface area contributed by atoms with Gasteiger partial charge in [-0.25, -0.2) is 0 Å². The number of Topliss-reactive ketones (excluding diaryl/α,β-unsaturated/α-hetero) is 1. The van der Waals surface area contributed by atoms with Crippen LogP contribution in [0.4, 0.5) is 0 Å². The number of hydrogen-bond acceptors (Lipinski definition) is 1. The van der Waals surface area contributed by atoms with Crippen molar-refractivity contribution in [1.82, 2.24) is 0 Å². The fraction of sp³-hybridized carbons (Fsp3) is 0.458. The molecule has 0 amide bonds. The Morgan fingerprint density at radius 2 is 1.27 bits per heavy atom. The third kappa shape index (κ3) is 2.54. The number of ketones is 1. The van der Waals surface area contributed by atoms with Crippen LogP contribution in [0.5, 0.6) is 0 Å². The molecule has 1 saturated heterocycles. The quantitative estimate of drug-likeness (QED) is 0.904. The first-order valence-electron chi connectivity index (χ1n) is 10.2. The predicted octanol–water partition coefficient (Wildman–Crippen LogP) is 3.35.